The molecular weight excluding hydrogens is 444 g/mol. The second kappa shape index (κ2) is 8.29. The van der Waals surface area contributed by atoms with Crippen molar-refractivity contribution in [2.45, 2.75) is 18.1 Å². The zero-order valence-corrected chi connectivity index (χ0v) is 17.2. The minimum absolute atomic E-state index is 0.205. The Hall–Kier alpha value is -0.765. The number of fused-ring (bicyclic) bond motifs is 1. The minimum Gasteiger partial charge on any atom is -0.466 e. The lowest BCUT2D eigenvalue weighted by Gasteiger charge is -2.14. The largest absolute Gasteiger partial charge is 0.493 e. The van der Waals surface area contributed by atoms with Crippen molar-refractivity contribution < 1.29 is 14.4 Å². The third-order valence-electron chi connectivity index (χ3n) is 3.77. The van der Waals surface area contributed by atoms with Gasteiger partial charge in [0, 0.05) is 20.4 Å². The summed E-state index contributed by atoms with van der Waals surface area (Å²) >= 11 is 16.8. The molecule has 0 unspecified atom stereocenters. The Labute approximate surface area is 169 Å². The van der Waals surface area contributed by atoms with Gasteiger partial charge in [0.2, 0.25) is 0 Å². The predicted octanol–water partition coefficient (Wildman–Crippen LogP) is 3.96. The summed E-state index contributed by atoms with van der Waals surface area (Å²) in [6.07, 6.45) is 2.03. The molecule has 25 heavy (non-hydrogen) atoms. The maximum atomic E-state index is 9.84. The number of hydrogen-bond acceptors (Lipinski definition) is 5. The van der Waals surface area contributed by atoms with Crippen LogP contribution < -0.4 is 10.8 Å². The average molecular weight is 459 g/mol. The van der Waals surface area contributed by atoms with Crippen LogP contribution in [-0.2, 0) is 22.6 Å². The molecular formula is C16H14BBrClNO3S2. The minimum atomic E-state index is -1.01. The van der Waals surface area contributed by atoms with E-state index >= 15 is 0 Å². The highest BCUT2D eigenvalue weighted by Crippen LogP contribution is 2.26. The van der Waals surface area contributed by atoms with Gasteiger partial charge in [0.15, 0.2) is 0 Å². The van der Waals surface area contributed by atoms with E-state index in [0.29, 0.717) is 29.4 Å². The molecule has 130 valence electrons. The van der Waals surface area contributed by atoms with Gasteiger partial charge < -0.3 is 19.7 Å². The van der Waals surface area contributed by atoms with Crippen LogP contribution in [-0.4, -0.2) is 23.6 Å². The van der Waals surface area contributed by atoms with Crippen LogP contribution in [0.15, 0.2) is 39.7 Å². The van der Waals surface area contributed by atoms with Crippen LogP contribution in [0.5, 0.6) is 0 Å². The maximum absolute atomic E-state index is 9.84. The first-order valence-electron chi connectivity index (χ1n) is 7.36. The lowest BCUT2D eigenvalue weighted by Crippen LogP contribution is -2.30. The summed E-state index contributed by atoms with van der Waals surface area (Å²) in [4.78, 5) is 1.17. The zero-order chi connectivity index (χ0) is 18.0. The van der Waals surface area contributed by atoms with Crippen molar-refractivity contribution in [1.82, 2.24) is 0 Å². The van der Waals surface area contributed by atoms with Crippen molar-refractivity contribution in [3.63, 3.8) is 0 Å². The summed E-state index contributed by atoms with van der Waals surface area (Å²) in [6.45, 7) is 0.673. The van der Waals surface area contributed by atoms with Gasteiger partial charge in [-0.2, -0.15) is 0 Å². The number of thioether (sulfide) groups is 1. The Balaban J connectivity index is 1.65. The van der Waals surface area contributed by atoms with Gasteiger partial charge in [-0.1, -0.05) is 39.7 Å². The standard InChI is InChI=1S/C16H14BBrClNO3S2/c1-25-11-4-2-9(12(18)6-11)7-22-16(24)20-13-5-3-10-8-23-17(21)14(10)15(13)19/h2-6,21H,7-8H2,1H3,(H,20,24). The molecule has 3 rings (SSSR count). The molecule has 0 fully saturated rings. The van der Waals surface area contributed by atoms with E-state index in [1.165, 1.54) is 4.90 Å². The third kappa shape index (κ3) is 4.32. The number of hydrogen-bond donors (Lipinski definition) is 2. The van der Waals surface area contributed by atoms with E-state index in [2.05, 4.69) is 21.2 Å². The smallest absolute Gasteiger partial charge is 0.466 e. The SMILES string of the molecule is CSc1ccc(COC(=S)Nc2ccc3c(c2Cl)B(O)OC3)c(Br)c1. The van der Waals surface area contributed by atoms with Crippen molar-refractivity contribution in [3.8, 4) is 0 Å². The number of anilines is 1. The van der Waals surface area contributed by atoms with Gasteiger partial charge >= 0.3 is 7.12 Å². The summed E-state index contributed by atoms with van der Waals surface area (Å²) in [7, 11) is -1.01. The molecule has 0 saturated carbocycles. The van der Waals surface area contributed by atoms with Gasteiger partial charge in [0.05, 0.1) is 17.3 Å². The van der Waals surface area contributed by atoms with Gasteiger partial charge in [-0.25, -0.2) is 0 Å². The van der Waals surface area contributed by atoms with Gasteiger partial charge in [-0.05, 0) is 42.2 Å². The van der Waals surface area contributed by atoms with Crippen molar-refractivity contribution in [3.05, 3.63) is 51.0 Å². The normalized spacial score (nSPS) is 12.9. The number of nitrogens with one attached hydrogen (secondary N) is 1. The van der Waals surface area contributed by atoms with Gasteiger partial charge in [-0.15, -0.1) is 11.8 Å². The van der Waals surface area contributed by atoms with Crippen molar-refractivity contribution in [1.29, 1.82) is 0 Å². The Bertz CT molecular complexity index is 824. The maximum Gasteiger partial charge on any atom is 0.493 e. The van der Waals surface area contributed by atoms with E-state index in [-0.39, 0.29) is 5.17 Å². The second-order valence-corrected chi connectivity index (χ2v) is 7.80. The highest BCUT2D eigenvalue weighted by Gasteiger charge is 2.31. The summed E-state index contributed by atoms with van der Waals surface area (Å²) in [6, 6.07) is 9.71. The molecule has 0 amide bonds. The summed E-state index contributed by atoms with van der Waals surface area (Å²) in [5, 5.41) is 13.4. The first kappa shape index (κ1) is 19.0. The van der Waals surface area contributed by atoms with Gasteiger partial charge in [0.25, 0.3) is 5.17 Å². The Morgan fingerprint density at radius 1 is 1.48 bits per heavy atom. The fourth-order valence-electron chi connectivity index (χ4n) is 2.44. The van der Waals surface area contributed by atoms with E-state index in [1.54, 1.807) is 17.8 Å². The second-order valence-electron chi connectivity index (χ2n) is 5.32. The molecule has 9 heteroatoms. The molecule has 1 aliphatic rings. The lowest BCUT2D eigenvalue weighted by molar-refractivity contribution is 0.275. The number of benzene rings is 2. The summed E-state index contributed by atoms with van der Waals surface area (Å²) < 4.78 is 11.8. The summed E-state index contributed by atoms with van der Waals surface area (Å²) in [5.74, 6) is 0. The molecule has 0 atom stereocenters. The topological polar surface area (TPSA) is 50.7 Å². The molecule has 0 aromatic heterocycles. The number of rotatable bonds is 4. The predicted molar refractivity (Wildman–Crippen MR) is 111 cm³/mol. The molecule has 2 aromatic rings. The van der Waals surface area contributed by atoms with E-state index < -0.39 is 7.12 Å². The Morgan fingerprint density at radius 3 is 3.00 bits per heavy atom. The first-order valence-corrected chi connectivity index (χ1v) is 10.2. The Morgan fingerprint density at radius 2 is 2.28 bits per heavy atom. The third-order valence-corrected chi connectivity index (χ3v) is 5.86. The fourth-order valence-corrected chi connectivity index (χ4v) is 4.01. The lowest BCUT2D eigenvalue weighted by atomic mass is 9.79. The summed E-state index contributed by atoms with van der Waals surface area (Å²) in [5.41, 5.74) is 3.01. The van der Waals surface area contributed by atoms with E-state index in [0.717, 1.165) is 15.6 Å². The zero-order valence-electron chi connectivity index (χ0n) is 13.2. The molecule has 0 radical (unpaired) electrons. The van der Waals surface area contributed by atoms with E-state index in [1.807, 2.05) is 30.5 Å². The van der Waals surface area contributed by atoms with Crippen molar-refractivity contribution >= 4 is 75.0 Å². The molecule has 0 bridgehead atoms. The molecule has 0 spiro atoms. The Kier molecular flexibility index (Phi) is 6.30. The van der Waals surface area contributed by atoms with Crippen LogP contribution in [0.1, 0.15) is 11.1 Å². The van der Waals surface area contributed by atoms with Crippen LogP contribution in [0.25, 0.3) is 0 Å². The van der Waals surface area contributed by atoms with Crippen LogP contribution >= 0.6 is 51.5 Å². The fraction of sp³-hybridized carbons (Fsp3) is 0.188. The highest BCUT2D eigenvalue weighted by molar-refractivity contribution is 9.10. The van der Waals surface area contributed by atoms with E-state index in [9.17, 15) is 5.02 Å². The van der Waals surface area contributed by atoms with Crippen molar-refractivity contribution in [2.24, 2.45) is 0 Å². The first-order chi connectivity index (χ1) is 12.0. The van der Waals surface area contributed by atoms with Crippen molar-refractivity contribution in [2.75, 3.05) is 11.6 Å². The number of ether oxygens (including phenoxy) is 1. The monoisotopic (exact) mass is 457 g/mol. The quantitative estimate of drug-likeness (QED) is 0.411. The molecule has 4 nitrogen and oxygen atoms in total. The number of thiocarbonyl (C=S) groups is 1. The molecule has 2 aromatic carbocycles. The molecule has 0 aliphatic carbocycles. The van der Waals surface area contributed by atoms with Crippen LogP contribution in [0.4, 0.5) is 5.69 Å². The highest BCUT2D eigenvalue weighted by atomic mass is 79.9. The molecule has 0 saturated heterocycles. The van der Waals surface area contributed by atoms with Crippen LogP contribution in [0, 0.1) is 0 Å². The molecule has 1 heterocycles. The van der Waals surface area contributed by atoms with Crippen LogP contribution in [0.2, 0.25) is 5.02 Å². The van der Waals surface area contributed by atoms with E-state index in [4.69, 9.17) is 33.2 Å². The molecule has 2 N–H and O–H groups in total. The molecule has 1 aliphatic heterocycles. The van der Waals surface area contributed by atoms with Gasteiger partial charge in [0.1, 0.15) is 6.61 Å². The van der Waals surface area contributed by atoms with Crippen LogP contribution in [0.3, 0.4) is 0 Å². The van der Waals surface area contributed by atoms with Gasteiger partial charge in [-0.3, -0.25) is 0 Å². The number of halogens is 2. The average Bonchev–Trinajstić information content (AvgIpc) is 2.98.